The van der Waals surface area contributed by atoms with E-state index in [0.29, 0.717) is 11.5 Å². The molecule has 1 heterocycles. The van der Waals surface area contributed by atoms with Gasteiger partial charge in [-0.15, -0.1) is 10.2 Å². The summed E-state index contributed by atoms with van der Waals surface area (Å²) >= 11 is 0. The summed E-state index contributed by atoms with van der Waals surface area (Å²) in [6.45, 7) is -1.69. The fourth-order valence-electron chi connectivity index (χ4n) is 2.33. The Labute approximate surface area is 163 Å². The molecule has 0 saturated heterocycles. The lowest BCUT2D eigenvalue weighted by Crippen LogP contribution is -2.30. The van der Waals surface area contributed by atoms with E-state index in [0.717, 1.165) is 0 Å². The number of amides is 1. The molecule has 0 spiro atoms. The van der Waals surface area contributed by atoms with E-state index in [-0.39, 0.29) is 17.0 Å². The Morgan fingerprint density at radius 2 is 1.83 bits per heavy atom. The minimum Gasteiger partial charge on any atom is -0.449 e. The molecule has 10 heteroatoms. The van der Waals surface area contributed by atoms with Gasteiger partial charge in [0.05, 0.1) is 11.3 Å². The second-order valence-corrected chi connectivity index (χ2v) is 5.73. The summed E-state index contributed by atoms with van der Waals surface area (Å²) in [7, 11) is 0. The molecule has 0 radical (unpaired) electrons. The fraction of sp³-hybridized carbons (Fsp3) is 0.158. The minimum atomic E-state index is -3.04. The number of ether oxygens (including phenoxy) is 2. The number of para-hydroxylation sites is 2. The van der Waals surface area contributed by atoms with Crippen LogP contribution in [0, 0.1) is 0 Å². The summed E-state index contributed by atoms with van der Waals surface area (Å²) in [5.41, 5.74) is 0.847. The van der Waals surface area contributed by atoms with Gasteiger partial charge in [-0.05, 0) is 43.3 Å². The Morgan fingerprint density at radius 3 is 2.48 bits per heavy atom. The summed E-state index contributed by atoms with van der Waals surface area (Å²) in [5.74, 6) is -1.35. The van der Waals surface area contributed by atoms with Crippen LogP contribution in [-0.2, 0) is 9.53 Å². The second-order valence-electron chi connectivity index (χ2n) is 5.73. The van der Waals surface area contributed by atoms with Gasteiger partial charge < -0.3 is 19.2 Å². The van der Waals surface area contributed by atoms with E-state index in [1.807, 2.05) is 0 Å². The Hall–Kier alpha value is -3.82. The van der Waals surface area contributed by atoms with Crippen molar-refractivity contribution in [3.05, 3.63) is 60.5 Å². The highest BCUT2D eigenvalue weighted by atomic mass is 19.3. The number of nitrogens with zero attached hydrogens (tertiary/aromatic N) is 2. The van der Waals surface area contributed by atoms with Crippen LogP contribution in [0.15, 0.2) is 59.3 Å². The smallest absolute Gasteiger partial charge is 0.387 e. The van der Waals surface area contributed by atoms with Crippen molar-refractivity contribution in [1.82, 2.24) is 10.2 Å². The summed E-state index contributed by atoms with van der Waals surface area (Å²) in [5, 5.41) is 9.72. The highest BCUT2D eigenvalue weighted by Crippen LogP contribution is 2.26. The van der Waals surface area contributed by atoms with Crippen molar-refractivity contribution in [2.24, 2.45) is 0 Å². The quantitative estimate of drug-likeness (QED) is 0.602. The predicted molar refractivity (Wildman–Crippen MR) is 96.3 cm³/mol. The first-order chi connectivity index (χ1) is 13.9. The van der Waals surface area contributed by atoms with E-state index < -0.39 is 24.6 Å². The molecule has 0 unspecified atom stereocenters. The van der Waals surface area contributed by atoms with Crippen molar-refractivity contribution < 1.29 is 32.3 Å². The first kappa shape index (κ1) is 19.9. The van der Waals surface area contributed by atoms with Crippen LogP contribution in [0.1, 0.15) is 17.3 Å². The number of halogens is 2. The molecule has 0 aliphatic rings. The third-order valence-electron chi connectivity index (χ3n) is 3.74. The van der Waals surface area contributed by atoms with Crippen LogP contribution in [-0.4, -0.2) is 34.8 Å². The van der Waals surface area contributed by atoms with E-state index in [1.165, 1.54) is 49.7 Å². The van der Waals surface area contributed by atoms with E-state index in [2.05, 4.69) is 20.3 Å². The Kier molecular flexibility index (Phi) is 6.12. The van der Waals surface area contributed by atoms with Crippen molar-refractivity contribution in [3.8, 4) is 17.2 Å². The standard InChI is InChI=1S/C19H15F2N3O5/c1-11(16(25)23-14-4-2-3-5-15(14)29-19(20)21)28-18(26)13-8-6-12(7-9-13)17-24-22-10-27-17/h2-11,19H,1H3,(H,23,25)/t11-/m0/s1. The van der Waals surface area contributed by atoms with Crippen molar-refractivity contribution in [2.45, 2.75) is 19.6 Å². The second kappa shape index (κ2) is 8.91. The zero-order chi connectivity index (χ0) is 20.8. The molecule has 1 atom stereocenters. The molecule has 3 rings (SSSR count). The molecule has 1 N–H and O–H groups in total. The summed E-state index contributed by atoms with van der Waals surface area (Å²) < 4.78 is 39.4. The molecule has 0 bridgehead atoms. The summed E-state index contributed by atoms with van der Waals surface area (Å²) in [6, 6.07) is 11.8. The van der Waals surface area contributed by atoms with Gasteiger partial charge in [0.2, 0.25) is 12.3 Å². The largest absolute Gasteiger partial charge is 0.449 e. The van der Waals surface area contributed by atoms with E-state index >= 15 is 0 Å². The number of carbonyl (C=O) groups is 2. The number of hydrogen-bond donors (Lipinski definition) is 1. The molecule has 2 aromatic carbocycles. The number of carbonyl (C=O) groups excluding carboxylic acids is 2. The van der Waals surface area contributed by atoms with Gasteiger partial charge in [-0.25, -0.2) is 4.79 Å². The van der Waals surface area contributed by atoms with Gasteiger partial charge in [-0.1, -0.05) is 12.1 Å². The highest BCUT2D eigenvalue weighted by Gasteiger charge is 2.21. The van der Waals surface area contributed by atoms with E-state index in [9.17, 15) is 18.4 Å². The molecular weight excluding hydrogens is 388 g/mol. The Balaban J connectivity index is 1.62. The van der Waals surface area contributed by atoms with Gasteiger partial charge >= 0.3 is 12.6 Å². The van der Waals surface area contributed by atoms with Crippen LogP contribution in [0.25, 0.3) is 11.5 Å². The van der Waals surface area contributed by atoms with Crippen molar-refractivity contribution in [2.75, 3.05) is 5.32 Å². The first-order valence-corrected chi connectivity index (χ1v) is 8.36. The Morgan fingerprint density at radius 1 is 1.10 bits per heavy atom. The average molecular weight is 403 g/mol. The molecule has 1 aromatic heterocycles. The minimum absolute atomic E-state index is 0.0320. The molecule has 29 heavy (non-hydrogen) atoms. The number of benzene rings is 2. The predicted octanol–water partition coefficient (Wildman–Crippen LogP) is 3.52. The SMILES string of the molecule is C[C@H](OC(=O)c1ccc(-c2nnco2)cc1)C(=O)Nc1ccccc1OC(F)F. The molecule has 8 nitrogen and oxygen atoms in total. The molecule has 150 valence electrons. The van der Waals surface area contributed by atoms with Crippen LogP contribution < -0.4 is 10.1 Å². The van der Waals surface area contributed by atoms with Gasteiger partial charge in [0.15, 0.2) is 6.10 Å². The zero-order valence-electron chi connectivity index (χ0n) is 15.0. The van der Waals surface area contributed by atoms with E-state index in [1.54, 1.807) is 12.1 Å². The maximum atomic E-state index is 12.5. The zero-order valence-corrected chi connectivity index (χ0v) is 15.0. The van der Waals surface area contributed by atoms with Crippen LogP contribution in [0.5, 0.6) is 5.75 Å². The molecule has 0 fully saturated rings. The number of aromatic nitrogens is 2. The lowest BCUT2D eigenvalue weighted by molar-refractivity contribution is -0.123. The summed E-state index contributed by atoms with van der Waals surface area (Å²) in [6.07, 6.45) is 0.000175. The van der Waals surface area contributed by atoms with Gasteiger partial charge in [0.25, 0.3) is 5.91 Å². The van der Waals surface area contributed by atoms with Crippen molar-refractivity contribution >= 4 is 17.6 Å². The topological polar surface area (TPSA) is 104 Å². The number of anilines is 1. The lowest BCUT2D eigenvalue weighted by Gasteiger charge is -2.15. The summed E-state index contributed by atoms with van der Waals surface area (Å²) in [4.78, 5) is 24.5. The average Bonchev–Trinajstić information content (AvgIpc) is 3.24. The van der Waals surface area contributed by atoms with Crippen LogP contribution >= 0.6 is 0 Å². The van der Waals surface area contributed by atoms with E-state index in [4.69, 9.17) is 9.15 Å². The number of nitrogens with one attached hydrogen (secondary N) is 1. The number of alkyl halides is 2. The van der Waals surface area contributed by atoms with Crippen molar-refractivity contribution in [3.63, 3.8) is 0 Å². The monoisotopic (exact) mass is 403 g/mol. The van der Waals surface area contributed by atoms with Gasteiger partial charge in [0, 0.05) is 5.56 Å². The van der Waals surface area contributed by atoms with Gasteiger partial charge in [-0.2, -0.15) is 8.78 Å². The van der Waals surface area contributed by atoms with Crippen LogP contribution in [0.3, 0.4) is 0 Å². The maximum absolute atomic E-state index is 12.5. The number of hydrogen-bond acceptors (Lipinski definition) is 7. The normalized spacial score (nSPS) is 11.7. The lowest BCUT2D eigenvalue weighted by atomic mass is 10.1. The van der Waals surface area contributed by atoms with Crippen LogP contribution in [0.4, 0.5) is 14.5 Å². The molecule has 3 aromatic rings. The number of rotatable bonds is 7. The van der Waals surface area contributed by atoms with Crippen molar-refractivity contribution in [1.29, 1.82) is 0 Å². The fourth-order valence-corrected chi connectivity index (χ4v) is 2.33. The molecule has 0 saturated carbocycles. The van der Waals surface area contributed by atoms with Gasteiger partial charge in [0.1, 0.15) is 5.75 Å². The molecule has 1 amide bonds. The van der Waals surface area contributed by atoms with Crippen LogP contribution in [0.2, 0.25) is 0 Å². The maximum Gasteiger partial charge on any atom is 0.387 e. The molecule has 0 aliphatic heterocycles. The third kappa shape index (κ3) is 5.12. The third-order valence-corrected chi connectivity index (χ3v) is 3.74. The Bertz CT molecular complexity index is 978. The first-order valence-electron chi connectivity index (χ1n) is 8.36. The number of esters is 1. The highest BCUT2D eigenvalue weighted by molar-refractivity contribution is 5.98. The molecular formula is C19H15F2N3O5. The molecule has 0 aliphatic carbocycles. The van der Waals surface area contributed by atoms with Gasteiger partial charge in [-0.3, -0.25) is 4.79 Å².